The van der Waals surface area contributed by atoms with E-state index >= 15 is 0 Å². The monoisotopic (exact) mass is 287 g/mol. The number of fused-ring (bicyclic) bond motifs is 1. The zero-order valence-electron chi connectivity index (χ0n) is 11.8. The second kappa shape index (κ2) is 6.51. The third-order valence-electron chi connectivity index (χ3n) is 3.78. The van der Waals surface area contributed by atoms with Crippen molar-refractivity contribution in [3.63, 3.8) is 0 Å². The second-order valence-electron chi connectivity index (χ2n) is 5.31. The number of thioether (sulfide) groups is 1. The molecule has 106 valence electrons. The Labute approximate surface area is 125 Å². The van der Waals surface area contributed by atoms with E-state index in [1.165, 1.54) is 16.9 Å². The summed E-state index contributed by atoms with van der Waals surface area (Å²) in [6, 6.07) is 13.3. The minimum Gasteiger partial charge on any atom is -0.469 e. The third-order valence-corrected chi connectivity index (χ3v) is 5.23. The molecule has 0 fully saturated rings. The summed E-state index contributed by atoms with van der Waals surface area (Å²) in [5, 5.41) is 4.30. The first-order valence-corrected chi connectivity index (χ1v) is 8.25. The fraction of sp³-hybridized carbons (Fsp3) is 0.412. The van der Waals surface area contributed by atoms with E-state index in [1.807, 2.05) is 17.8 Å². The van der Waals surface area contributed by atoms with Crippen LogP contribution in [-0.4, -0.2) is 17.8 Å². The summed E-state index contributed by atoms with van der Waals surface area (Å²) in [5.41, 5.74) is 1.49. The van der Waals surface area contributed by atoms with Crippen molar-refractivity contribution in [2.75, 3.05) is 6.54 Å². The SMILES string of the molecule is CCCNC(Cc1ccco1)C1Cc2ccccc2S1. The molecular weight excluding hydrogens is 266 g/mol. The Morgan fingerprint density at radius 2 is 2.20 bits per heavy atom. The van der Waals surface area contributed by atoms with Crippen LogP contribution in [0.2, 0.25) is 0 Å². The minimum absolute atomic E-state index is 0.471. The first-order valence-electron chi connectivity index (χ1n) is 7.37. The van der Waals surface area contributed by atoms with Crippen LogP contribution in [0, 0.1) is 0 Å². The maximum Gasteiger partial charge on any atom is 0.105 e. The fourth-order valence-corrected chi connectivity index (χ4v) is 4.15. The zero-order valence-corrected chi connectivity index (χ0v) is 12.7. The molecule has 3 heteroatoms. The molecule has 1 aromatic heterocycles. The van der Waals surface area contributed by atoms with E-state index in [4.69, 9.17) is 4.42 Å². The number of nitrogens with one attached hydrogen (secondary N) is 1. The molecule has 20 heavy (non-hydrogen) atoms. The highest BCUT2D eigenvalue weighted by Gasteiger charge is 2.29. The van der Waals surface area contributed by atoms with Crippen molar-refractivity contribution in [1.82, 2.24) is 5.32 Å². The van der Waals surface area contributed by atoms with Crippen LogP contribution in [0.1, 0.15) is 24.7 Å². The molecule has 1 N–H and O–H groups in total. The molecule has 2 aromatic rings. The average molecular weight is 287 g/mol. The van der Waals surface area contributed by atoms with Gasteiger partial charge in [-0.05, 0) is 43.1 Å². The molecule has 0 bridgehead atoms. The molecule has 0 saturated heterocycles. The Morgan fingerprint density at radius 3 is 2.95 bits per heavy atom. The van der Waals surface area contributed by atoms with Gasteiger partial charge in [-0.1, -0.05) is 25.1 Å². The maximum atomic E-state index is 5.53. The van der Waals surface area contributed by atoms with Crippen LogP contribution in [0.3, 0.4) is 0 Å². The molecule has 0 aliphatic carbocycles. The maximum absolute atomic E-state index is 5.53. The Balaban J connectivity index is 1.70. The number of benzene rings is 1. The molecule has 1 aromatic carbocycles. The third kappa shape index (κ3) is 3.10. The summed E-state index contributed by atoms with van der Waals surface area (Å²) in [6.07, 6.45) is 5.06. The lowest BCUT2D eigenvalue weighted by Crippen LogP contribution is -2.40. The van der Waals surface area contributed by atoms with E-state index in [1.54, 1.807) is 6.26 Å². The Morgan fingerprint density at radius 1 is 1.30 bits per heavy atom. The molecule has 3 rings (SSSR count). The van der Waals surface area contributed by atoms with E-state index in [0.29, 0.717) is 11.3 Å². The standard InChI is InChI=1S/C17H21NOS/c1-2-9-18-15(12-14-7-5-10-19-14)17-11-13-6-3-4-8-16(13)20-17/h3-8,10,15,17-18H,2,9,11-12H2,1H3. The molecule has 1 aliphatic heterocycles. The van der Waals surface area contributed by atoms with Crippen LogP contribution in [-0.2, 0) is 12.8 Å². The van der Waals surface area contributed by atoms with E-state index in [-0.39, 0.29) is 0 Å². The summed E-state index contributed by atoms with van der Waals surface area (Å²) in [7, 11) is 0. The van der Waals surface area contributed by atoms with Crippen molar-refractivity contribution < 1.29 is 4.42 Å². The van der Waals surface area contributed by atoms with Gasteiger partial charge in [0.05, 0.1) is 6.26 Å². The van der Waals surface area contributed by atoms with Gasteiger partial charge in [-0.2, -0.15) is 0 Å². The molecule has 0 radical (unpaired) electrons. The lowest BCUT2D eigenvalue weighted by Gasteiger charge is -2.23. The zero-order chi connectivity index (χ0) is 13.8. The van der Waals surface area contributed by atoms with E-state index in [9.17, 15) is 0 Å². The van der Waals surface area contributed by atoms with Crippen molar-refractivity contribution in [2.24, 2.45) is 0 Å². The molecule has 0 saturated carbocycles. The van der Waals surface area contributed by atoms with Crippen molar-refractivity contribution >= 4 is 11.8 Å². The van der Waals surface area contributed by atoms with Crippen molar-refractivity contribution in [2.45, 2.75) is 42.4 Å². The van der Waals surface area contributed by atoms with Crippen LogP contribution in [0.25, 0.3) is 0 Å². The van der Waals surface area contributed by atoms with Crippen LogP contribution < -0.4 is 5.32 Å². The molecule has 2 atom stereocenters. The van der Waals surface area contributed by atoms with Gasteiger partial charge in [-0.3, -0.25) is 0 Å². The predicted molar refractivity (Wildman–Crippen MR) is 84.3 cm³/mol. The predicted octanol–water partition coefficient (Wildman–Crippen LogP) is 3.91. The first kappa shape index (κ1) is 13.8. The summed E-state index contributed by atoms with van der Waals surface area (Å²) in [5.74, 6) is 1.08. The van der Waals surface area contributed by atoms with Crippen molar-refractivity contribution in [1.29, 1.82) is 0 Å². The van der Waals surface area contributed by atoms with Gasteiger partial charge in [-0.15, -0.1) is 11.8 Å². The lowest BCUT2D eigenvalue weighted by molar-refractivity contribution is 0.432. The minimum atomic E-state index is 0.471. The van der Waals surface area contributed by atoms with Crippen LogP contribution in [0.15, 0.2) is 52.0 Å². The van der Waals surface area contributed by atoms with Crippen molar-refractivity contribution in [3.05, 3.63) is 54.0 Å². The summed E-state index contributed by atoms with van der Waals surface area (Å²) in [6.45, 7) is 3.28. The van der Waals surface area contributed by atoms with Crippen LogP contribution in [0.5, 0.6) is 0 Å². The van der Waals surface area contributed by atoms with Gasteiger partial charge in [0.25, 0.3) is 0 Å². The topological polar surface area (TPSA) is 25.2 Å². The highest BCUT2D eigenvalue weighted by atomic mass is 32.2. The second-order valence-corrected chi connectivity index (χ2v) is 6.59. The molecule has 2 heterocycles. The van der Waals surface area contributed by atoms with E-state index < -0.39 is 0 Å². The Hall–Kier alpha value is -1.19. The fourth-order valence-electron chi connectivity index (χ4n) is 2.74. The summed E-state index contributed by atoms with van der Waals surface area (Å²) >= 11 is 2.01. The molecule has 2 unspecified atom stereocenters. The van der Waals surface area contributed by atoms with Gasteiger partial charge in [0, 0.05) is 22.6 Å². The van der Waals surface area contributed by atoms with Gasteiger partial charge in [0.1, 0.15) is 5.76 Å². The summed E-state index contributed by atoms with van der Waals surface area (Å²) < 4.78 is 5.53. The quantitative estimate of drug-likeness (QED) is 0.872. The van der Waals surface area contributed by atoms with Gasteiger partial charge in [-0.25, -0.2) is 0 Å². The molecule has 2 nitrogen and oxygen atoms in total. The van der Waals surface area contributed by atoms with E-state index in [2.05, 4.69) is 42.6 Å². The number of hydrogen-bond acceptors (Lipinski definition) is 3. The Bertz CT molecular complexity index is 513. The number of rotatable bonds is 6. The average Bonchev–Trinajstić information content (AvgIpc) is 3.12. The highest BCUT2D eigenvalue weighted by Crippen LogP contribution is 2.38. The first-order chi connectivity index (χ1) is 9.86. The largest absolute Gasteiger partial charge is 0.469 e. The summed E-state index contributed by atoms with van der Waals surface area (Å²) in [4.78, 5) is 1.44. The molecular formula is C17H21NOS. The Kier molecular flexibility index (Phi) is 4.48. The molecule has 0 spiro atoms. The van der Waals surface area contributed by atoms with E-state index in [0.717, 1.165) is 25.1 Å². The number of hydrogen-bond donors (Lipinski definition) is 1. The highest BCUT2D eigenvalue weighted by molar-refractivity contribution is 8.00. The molecule has 0 amide bonds. The van der Waals surface area contributed by atoms with Gasteiger partial charge >= 0.3 is 0 Å². The van der Waals surface area contributed by atoms with Gasteiger partial charge < -0.3 is 9.73 Å². The van der Waals surface area contributed by atoms with Gasteiger partial charge in [0.2, 0.25) is 0 Å². The molecule has 1 aliphatic rings. The lowest BCUT2D eigenvalue weighted by atomic mass is 10.0. The van der Waals surface area contributed by atoms with Crippen LogP contribution in [0.4, 0.5) is 0 Å². The number of furan rings is 1. The van der Waals surface area contributed by atoms with Crippen LogP contribution >= 0.6 is 11.8 Å². The van der Waals surface area contributed by atoms with Gasteiger partial charge in [0.15, 0.2) is 0 Å². The smallest absolute Gasteiger partial charge is 0.105 e. The van der Waals surface area contributed by atoms with Crippen molar-refractivity contribution in [3.8, 4) is 0 Å². The normalized spacial score (nSPS) is 18.9.